The van der Waals surface area contributed by atoms with Gasteiger partial charge in [0.15, 0.2) is 0 Å². The number of hydrogen-bond donors (Lipinski definition) is 2. The summed E-state index contributed by atoms with van der Waals surface area (Å²) >= 11 is 0. The van der Waals surface area contributed by atoms with Crippen LogP contribution in [0.2, 0.25) is 0 Å². The molecule has 0 bridgehead atoms. The fourth-order valence-corrected chi connectivity index (χ4v) is 3.66. The van der Waals surface area contributed by atoms with Gasteiger partial charge >= 0.3 is 0 Å². The van der Waals surface area contributed by atoms with Crippen LogP contribution < -0.4 is 10.6 Å². The van der Waals surface area contributed by atoms with Crippen molar-refractivity contribution in [2.24, 2.45) is 5.92 Å². The Kier molecular flexibility index (Phi) is 6.58. The monoisotopic (exact) mass is 322 g/mol. The molecule has 1 aliphatic rings. The fraction of sp³-hybridized carbons (Fsp3) is 0.588. The van der Waals surface area contributed by atoms with Gasteiger partial charge in [0.2, 0.25) is 5.91 Å². The first kappa shape index (κ1) is 17.2. The number of hydrogen-bond acceptors (Lipinski definition) is 3. The molecular weight excluding hydrogens is 296 g/mol. The maximum atomic E-state index is 12.2. The van der Waals surface area contributed by atoms with Gasteiger partial charge < -0.3 is 10.6 Å². The van der Waals surface area contributed by atoms with Crippen LogP contribution in [0.3, 0.4) is 0 Å². The van der Waals surface area contributed by atoms with E-state index in [1.807, 2.05) is 25.1 Å². The molecule has 1 saturated heterocycles. The van der Waals surface area contributed by atoms with Crippen LogP contribution in [0.4, 0.5) is 5.69 Å². The summed E-state index contributed by atoms with van der Waals surface area (Å²) in [4.78, 5) is 12.2. The maximum Gasteiger partial charge on any atom is 0.224 e. The normalized spacial score (nSPS) is 17.2. The third-order valence-electron chi connectivity index (χ3n) is 4.32. The minimum Gasteiger partial charge on any atom is -0.326 e. The Labute approximate surface area is 135 Å². The second-order valence-electron chi connectivity index (χ2n) is 6.09. The SMILES string of the molecule is Cc1c(CS(C)=O)cccc1NC(=O)CCC1CCNCC1. The van der Waals surface area contributed by atoms with Gasteiger partial charge in [-0.05, 0) is 62.4 Å². The summed E-state index contributed by atoms with van der Waals surface area (Å²) in [5, 5.41) is 6.36. The van der Waals surface area contributed by atoms with E-state index in [9.17, 15) is 9.00 Å². The zero-order valence-electron chi connectivity index (χ0n) is 13.5. The van der Waals surface area contributed by atoms with Gasteiger partial charge in [0.05, 0.1) is 0 Å². The summed E-state index contributed by atoms with van der Waals surface area (Å²) in [6.45, 7) is 4.12. The second kappa shape index (κ2) is 8.44. The second-order valence-corrected chi connectivity index (χ2v) is 7.52. The first-order chi connectivity index (χ1) is 10.6. The zero-order valence-corrected chi connectivity index (χ0v) is 14.3. The van der Waals surface area contributed by atoms with Crippen molar-refractivity contribution in [1.82, 2.24) is 5.32 Å². The molecule has 122 valence electrons. The van der Waals surface area contributed by atoms with Gasteiger partial charge in [-0.25, -0.2) is 0 Å². The van der Waals surface area contributed by atoms with Gasteiger partial charge in [0.25, 0.3) is 0 Å². The van der Waals surface area contributed by atoms with E-state index in [0.717, 1.165) is 36.3 Å². The molecule has 1 heterocycles. The van der Waals surface area contributed by atoms with Crippen LogP contribution in [-0.4, -0.2) is 29.5 Å². The summed E-state index contributed by atoms with van der Waals surface area (Å²) in [6.07, 6.45) is 5.58. The van der Waals surface area contributed by atoms with Crippen LogP contribution in [0.1, 0.15) is 36.8 Å². The largest absolute Gasteiger partial charge is 0.326 e. The Morgan fingerprint density at radius 3 is 2.77 bits per heavy atom. The molecule has 2 rings (SSSR count). The van der Waals surface area contributed by atoms with Crippen LogP contribution in [0.25, 0.3) is 0 Å². The van der Waals surface area contributed by atoms with Crippen LogP contribution in [-0.2, 0) is 21.3 Å². The lowest BCUT2D eigenvalue weighted by Crippen LogP contribution is -2.28. The van der Waals surface area contributed by atoms with Crippen molar-refractivity contribution in [3.8, 4) is 0 Å². The van der Waals surface area contributed by atoms with Gasteiger partial charge in [0, 0.05) is 34.9 Å². The number of piperidine rings is 1. The van der Waals surface area contributed by atoms with Crippen molar-refractivity contribution in [1.29, 1.82) is 0 Å². The molecule has 0 aliphatic carbocycles. The molecule has 22 heavy (non-hydrogen) atoms. The molecule has 0 aromatic heterocycles. The van der Waals surface area contributed by atoms with Gasteiger partial charge in [-0.2, -0.15) is 0 Å². The van der Waals surface area contributed by atoms with Crippen molar-refractivity contribution in [2.45, 2.75) is 38.4 Å². The molecule has 5 heteroatoms. The lowest BCUT2D eigenvalue weighted by Gasteiger charge is -2.22. The summed E-state index contributed by atoms with van der Waals surface area (Å²) in [5.74, 6) is 1.28. The van der Waals surface area contributed by atoms with Gasteiger partial charge in [-0.1, -0.05) is 12.1 Å². The average Bonchev–Trinajstić information content (AvgIpc) is 2.50. The van der Waals surface area contributed by atoms with E-state index in [2.05, 4.69) is 10.6 Å². The Morgan fingerprint density at radius 1 is 1.36 bits per heavy atom. The highest BCUT2D eigenvalue weighted by Gasteiger charge is 2.15. The minimum atomic E-state index is -0.873. The van der Waals surface area contributed by atoms with Crippen LogP contribution in [0.5, 0.6) is 0 Å². The van der Waals surface area contributed by atoms with Gasteiger partial charge in [0.1, 0.15) is 0 Å². The number of carbonyl (C=O) groups excluding carboxylic acids is 1. The third kappa shape index (κ3) is 5.21. The topological polar surface area (TPSA) is 58.2 Å². The molecular formula is C17H26N2O2S. The number of nitrogens with one attached hydrogen (secondary N) is 2. The molecule has 0 saturated carbocycles. The summed E-state index contributed by atoms with van der Waals surface area (Å²) in [5.41, 5.74) is 2.91. The summed E-state index contributed by atoms with van der Waals surface area (Å²) in [7, 11) is -0.873. The molecule has 1 aromatic carbocycles. The van der Waals surface area contributed by atoms with E-state index in [1.165, 1.54) is 12.8 Å². The number of anilines is 1. The molecule has 1 aliphatic heterocycles. The molecule has 1 aromatic rings. The molecule has 2 N–H and O–H groups in total. The smallest absolute Gasteiger partial charge is 0.224 e. The predicted octanol–water partition coefficient (Wildman–Crippen LogP) is 2.59. The van der Waals surface area contributed by atoms with Crippen molar-refractivity contribution < 1.29 is 9.00 Å². The van der Waals surface area contributed by atoms with Crippen LogP contribution >= 0.6 is 0 Å². The lowest BCUT2D eigenvalue weighted by atomic mass is 9.93. The molecule has 1 unspecified atom stereocenters. The van der Waals surface area contributed by atoms with Crippen LogP contribution in [0.15, 0.2) is 18.2 Å². The standard InChI is InChI=1S/C17H26N2O2S/c1-13-15(12-22(2)21)4-3-5-16(13)19-17(20)7-6-14-8-10-18-11-9-14/h3-5,14,18H,6-12H2,1-2H3,(H,19,20). The highest BCUT2D eigenvalue weighted by molar-refractivity contribution is 7.83. The third-order valence-corrected chi connectivity index (χ3v) is 5.03. The van der Waals surface area contributed by atoms with Crippen molar-refractivity contribution in [3.63, 3.8) is 0 Å². The Bertz CT molecular complexity index is 539. The molecule has 4 nitrogen and oxygen atoms in total. The molecule has 1 amide bonds. The van der Waals surface area contributed by atoms with Crippen molar-refractivity contribution >= 4 is 22.4 Å². The quantitative estimate of drug-likeness (QED) is 0.846. The summed E-state index contributed by atoms with van der Waals surface area (Å²) in [6, 6.07) is 5.80. The van der Waals surface area contributed by atoms with Crippen LogP contribution in [0, 0.1) is 12.8 Å². The molecule has 0 spiro atoms. The number of carbonyl (C=O) groups is 1. The van der Waals surface area contributed by atoms with E-state index in [-0.39, 0.29) is 5.91 Å². The van der Waals surface area contributed by atoms with Gasteiger partial charge in [-0.3, -0.25) is 9.00 Å². The van der Waals surface area contributed by atoms with E-state index >= 15 is 0 Å². The van der Waals surface area contributed by atoms with E-state index in [0.29, 0.717) is 18.1 Å². The Morgan fingerprint density at radius 2 is 2.09 bits per heavy atom. The zero-order chi connectivity index (χ0) is 15.9. The highest BCUT2D eigenvalue weighted by atomic mass is 32.2. The highest BCUT2D eigenvalue weighted by Crippen LogP contribution is 2.22. The fourth-order valence-electron chi connectivity index (χ4n) is 2.91. The molecule has 1 fully saturated rings. The van der Waals surface area contributed by atoms with E-state index < -0.39 is 10.8 Å². The van der Waals surface area contributed by atoms with E-state index in [4.69, 9.17) is 0 Å². The predicted molar refractivity (Wildman–Crippen MR) is 92.4 cm³/mol. The van der Waals surface area contributed by atoms with Crippen molar-refractivity contribution in [2.75, 3.05) is 24.7 Å². The lowest BCUT2D eigenvalue weighted by molar-refractivity contribution is -0.116. The minimum absolute atomic E-state index is 0.0800. The number of amides is 1. The molecule has 1 atom stereocenters. The van der Waals surface area contributed by atoms with Gasteiger partial charge in [-0.15, -0.1) is 0 Å². The summed E-state index contributed by atoms with van der Waals surface area (Å²) < 4.78 is 11.4. The van der Waals surface area contributed by atoms with E-state index in [1.54, 1.807) is 6.26 Å². The molecule has 0 radical (unpaired) electrons. The number of benzene rings is 1. The van der Waals surface area contributed by atoms with Crippen molar-refractivity contribution in [3.05, 3.63) is 29.3 Å². The Balaban J connectivity index is 1.89. The first-order valence-corrected chi connectivity index (χ1v) is 9.68. The number of rotatable bonds is 6. The maximum absolute atomic E-state index is 12.2. The Hall–Kier alpha value is -1.20. The average molecular weight is 322 g/mol. The first-order valence-electron chi connectivity index (χ1n) is 7.95.